The van der Waals surface area contributed by atoms with Gasteiger partial charge < -0.3 is 4.90 Å². The predicted molar refractivity (Wildman–Crippen MR) is 117 cm³/mol. The number of fused-ring (bicyclic) bond motifs is 1. The zero-order valence-corrected chi connectivity index (χ0v) is 18.7. The van der Waals surface area contributed by atoms with Gasteiger partial charge in [0.15, 0.2) is 0 Å². The van der Waals surface area contributed by atoms with Gasteiger partial charge in [-0.15, -0.1) is 0 Å². The molecule has 1 aliphatic heterocycles. The van der Waals surface area contributed by atoms with Gasteiger partial charge >= 0.3 is 0 Å². The largest absolute Gasteiger partial charge is 0.303 e. The van der Waals surface area contributed by atoms with Crippen LogP contribution >= 0.6 is 0 Å². The van der Waals surface area contributed by atoms with E-state index in [9.17, 15) is 0 Å². The van der Waals surface area contributed by atoms with Crippen molar-refractivity contribution in [2.45, 2.75) is 104 Å². The highest BCUT2D eigenvalue weighted by Crippen LogP contribution is 2.65. The van der Waals surface area contributed by atoms with E-state index in [0.29, 0.717) is 5.41 Å². The monoisotopic (exact) mass is 373 g/mol. The van der Waals surface area contributed by atoms with E-state index < -0.39 is 0 Å². The van der Waals surface area contributed by atoms with E-state index in [1.54, 1.807) is 32.1 Å². The van der Waals surface area contributed by atoms with Crippen molar-refractivity contribution in [3.05, 3.63) is 0 Å². The minimum atomic E-state index is 0.698. The van der Waals surface area contributed by atoms with Crippen molar-refractivity contribution >= 4 is 0 Å². The van der Waals surface area contributed by atoms with Gasteiger partial charge in [-0.3, -0.25) is 0 Å². The molecule has 4 aliphatic rings. The molecule has 5 atom stereocenters. The smallest absolute Gasteiger partial charge is 0.00160 e. The molecule has 1 saturated heterocycles. The molecule has 1 heteroatoms. The van der Waals surface area contributed by atoms with Crippen LogP contribution in [0.4, 0.5) is 0 Å². The van der Waals surface area contributed by atoms with Crippen LogP contribution in [0.5, 0.6) is 0 Å². The second-order valence-electron chi connectivity index (χ2n) is 11.0. The van der Waals surface area contributed by atoms with Gasteiger partial charge in [-0.25, -0.2) is 0 Å². The summed E-state index contributed by atoms with van der Waals surface area (Å²) in [6, 6.07) is 0. The van der Waals surface area contributed by atoms with Crippen LogP contribution in [0.15, 0.2) is 0 Å². The maximum absolute atomic E-state index is 2.85. The summed E-state index contributed by atoms with van der Waals surface area (Å²) in [6.07, 6.45) is 19.6. The fourth-order valence-electron chi connectivity index (χ4n) is 8.03. The van der Waals surface area contributed by atoms with E-state index in [1.807, 2.05) is 0 Å². The number of likely N-dealkylation sites (tertiary alicyclic amines) is 1. The van der Waals surface area contributed by atoms with Crippen LogP contribution in [0.25, 0.3) is 0 Å². The zero-order valence-electron chi connectivity index (χ0n) is 18.7. The Morgan fingerprint density at radius 2 is 1.59 bits per heavy atom. The molecule has 0 aromatic rings. The highest BCUT2D eigenvalue weighted by molar-refractivity contribution is 5.06. The molecule has 1 nitrogen and oxygen atoms in total. The van der Waals surface area contributed by atoms with Crippen LogP contribution in [0, 0.1) is 40.9 Å². The van der Waals surface area contributed by atoms with Gasteiger partial charge in [0.05, 0.1) is 0 Å². The third-order valence-corrected chi connectivity index (χ3v) is 10.2. The van der Waals surface area contributed by atoms with Gasteiger partial charge in [0.2, 0.25) is 0 Å². The maximum atomic E-state index is 2.85. The second-order valence-corrected chi connectivity index (χ2v) is 11.0. The summed E-state index contributed by atoms with van der Waals surface area (Å²) in [5.41, 5.74) is 0.698. The molecular formula is C26H47N. The van der Waals surface area contributed by atoms with Crippen LogP contribution in [-0.4, -0.2) is 24.5 Å². The summed E-state index contributed by atoms with van der Waals surface area (Å²) in [4.78, 5) is 2.85. The molecule has 0 bridgehead atoms. The molecule has 4 rings (SSSR count). The van der Waals surface area contributed by atoms with Crippen LogP contribution in [0.1, 0.15) is 104 Å². The normalized spacial score (nSPS) is 39.9. The molecule has 1 heterocycles. The third kappa shape index (κ3) is 3.88. The molecular weight excluding hydrogens is 326 g/mol. The van der Waals surface area contributed by atoms with E-state index in [2.05, 4.69) is 25.7 Å². The van der Waals surface area contributed by atoms with E-state index in [-0.39, 0.29) is 0 Å². The Kier molecular flexibility index (Phi) is 6.57. The SMILES string of the molecule is CCC1CCCN(CCC2CC(CC)(CC)C(C3CCC3)C3CCC23)CC1. The molecule has 156 valence electrons. The Morgan fingerprint density at radius 1 is 0.815 bits per heavy atom. The minimum absolute atomic E-state index is 0.698. The second kappa shape index (κ2) is 8.76. The van der Waals surface area contributed by atoms with Crippen molar-refractivity contribution in [2.75, 3.05) is 19.6 Å². The minimum Gasteiger partial charge on any atom is -0.303 e. The Balaban J connectivity index is 1.38. The topological polar surface area (TPSA) is 3.24 Å². The molecule has 0 N–H and O–H groups in total. The Bertz CT molecular complexity index is 463. The summed E-state index contributed by atoms with van der Waals surface area (Å²) >= 11 is 0. The average Bonchev–Trinajstić information content (AvgIpc) is 2.85. The first-order chi connectivity index (χ1) is 13.2. The molecule has 3 saturated carbocycles. The molecule has 4 fully saturated rings. The van der Waals surface area contributed by atoms with Gasteiger partial charge in [-0.05, 0) is 106 Å². The van der Waals surface area contributed by atoms with Crippen molar-refractivity contribution in [3.8, 4) is 0 Å². The van der Waals surface area contributed by atoms with Crippen LogP contribution in [0.3, 0.4) is 0 Å². The lowest BCUT2D eigenvalue weighted by molar-refractivity contribution is -0.134. The van der Waals surface area contributed by atoms with E-state index in [4.69, 9.17) is 0 Å². The van der Waals surface area contributed by atoms with Crippen molar-refractivity contribution in [2.24, 2.45) is 40.9 Å². The Hall–Kier alpha value is -0.0400. The molecule has 0 amide bonds. The fourth-order valence-corrected chi connectivity index (χ4v) is 8.03. The van der Waals surface area contributed by atoms with E-state index in [1.165, 1.54) is 71.0 Å². The summed E-state index contributed by atoms with van der Waals surface area (Å²) in [5, 5.41) is 0. The van der Waals surface area contributed by atoms with Gasteiger partial charge in [0, 0.05) is 0 Å². The predicted octanol–water partition coefficient (Wildman–Crippen LogP) is 7.16. The summed E-state index contributed by atoms with van der Waals surface area (Å²) in [7, 11) is 0. The number of nitrogens with zero attached hydrogens (tertiary/aromatic N) is 1. The van der Waals surface area contributed by atoms with Crippen molar-refractivity contribution in [3.63, 3.8) is 0 Å². The summed E-state index contributed by atoms with van der Waals surface area (Å²) in [6.45, 7) is 11.6. The molecule has 3 aliphatic carbocycles. The van der Waals surface area contributed by atoms with Gasteiger partial charge in [0.25, 0.3) is 0 Å². The van der Waals surface area contributed by atoms with E-state index >= 15 is 0 Å². The Morgan fingerprint density at radius 3 is 2.19 bits per heavy atom. The molecule has 0 aromatic carbocycles. The van der Waals surface area contributed by atoms with Gasteiger partial charge in [-0.1, -0.05) is 59.3 Å². The van der Waals surface area contributed by atoms with Gasteiger partial charge in [0.1, 0.15) is 0 Å². The first-order valence-electron chi connectivity index (χ1n) is 12.9. The first-order valence-corrected chi connectivity index (χ1v) is 12.9. The Labute approximate surface area is 170 Å². The summed E-state index contributed by atoms with van der Waals surface area (Å²) < 4.78 is 0. The molecule has 27 heavy (non-hydrogen) atoms. The fraction of sp³-hybridized carbons (Fsp3) is 1.00. The van der Waals surface area contributed by atoms with Crippen LogP contribution < -0.4 is 0 Å². The van der Waals surface area contributed by atoms with Crippen molar-refractivity contribution < 1.29 is 0 Å². The lowest BCUT2D eigenvalue weighted by Gasteiger charge is -2.63. The maximum Gasteiger partial charge on any atom is -0.00160 e. The molecule has 5 unspecified atom stereocenters. The summed E-state index contributed by atoms with van der Waals surface area (Å²) in [5.74, 6) is 6.48. The van der Waals surface area contributed by atoms with Crippen molar-refractivity contribution in [1.82, 2.24) is 4.90 Å². The lowest BCUT2D eigenvalue weighted by Crippen LogP contribution is -2.55. The van der Waals surface area contributed by atoms with Gasteiger partial charge in [-0.2, -0.15) is 0 Å². The highest BCUT2D eigenvalue weighted by Gasteiger charge is 2.56. The van der Waals surface area contributed by atoms with Crippen LogP contribution in [0.2, 0.25) is 0 Å². The quantitative estimate of drug-likeness (QED) is 0.457. The molecule has 0 spiro atoms. The van der Waals surface area contributed by atoms with Crippen molar-refractivity contribution in [1.29, 1.82) is 0 Å². The molecule has 0 radical (unpaired) electrons. The lowest BCUT2D eigenvalue weighted by atomic mass is 9.42. The number of hydrogen-bond acceptors (Lipinski definition) is 1. The number of hydrogen-bond donors (Lipinski definition) is 0. The third-order valence-electron chi connectivity index (χ3n) is 10.2. The van der Waals surface area contributed by atoms with E-state index in [0.717, 1.165) is 35.5 Å². The molecule has 0 aromatic heterocycles. The highest BCUT2D eigenvalue weighted by atomic mass is 15.1. The van der Waals surface area contributed by atoms with Crippen LogP contribution in [-0.2, 0) is 0 Å². The first kappa shape index (κ1) is 20.2. The average molecular weight is 374 g/mol. The zero-order chi connectivity index (χ0) is 18.9. The standard InChI is InChI=1S/C26H47N/c1-4-20-9-8-16-27(17-14-20)18-15-22-19-26(5-2,6-3)25(21-10-7-11-21)24-13-12-23(22)24/h20-25H,4-19H2,1-3H3. The number of rotatable bonds is 7.